The number of alkyl halides is 1. The molecule has 4 aromatic rings. The van der Waals surface area contributed by atoms with Crippen molar-refractivity contribution >= 4 is 37.7 Å². The number of benzene rings is 3. The van der Waals surface area contributed by atoms with Crippen LogP contribution >= 0.6 is 15.9 Å². The van der Waals surface area contributed by atoms with Crippen molar-refractivity contribution in [3.8, 4) is 0 Å². The van der Waals surface area contributed by atoms with Crippen LogP contribution in [0.1, 0.15) is 120 Å². The Labute approximate surface area is 307 Å². The van der Waals surface area contributed by atoms with Gasteiger partial charge < -0.3 is 4.57 Å². The Balaban J connectivity index is -0.000000605. The van der Waals surface area contributed by atoms with Gasteiger partial charge in [0.1, 0.15) is 0 Å². The summed E-state index contributed by atoms with van der Waals surface area (Å²) in [6, 6.07) is 27.7. The van der Waals surface area contributed by atoms with E-state index in [1.165, 1.54) is 78.7 Å². The van der Waals surface area contributed by atoms with Gasteiger partial charge in [0.25, 0.3) is 0 Å². The number of halogens is 1. The first-order chi connectivity index (χ1) is 20.6. The van der Waals surface area contributed by atoms with E-state index >= 15 is 0 Å². The molecule has 0 radical (unpaired) electrons. The molecule has 48 heavy (non-hydrogen) atoms. The molecule has 6 rings (SSSR count). The highest BCUT2D eigenvalue weighted by molar-refractivity contribution is 9.09. The van der Waals surface area contributed by atoms with E-state index in [1.54, 1.807) is 0 Å². The van der Waals surface area contributed by atoms with E-state index in [2.05, 4.69) is 151 Å². The van der Waals surface area contributed by atoms with Crippen molar-refractivity contribution in [2.75, 3.05) is 0 Å². The molecule has 1 aromatic heterocycles. The number of para-hydroxylation sites is 2. The SMILES string of the molecule is C.C.C.C.C.C.C=CC1CCC(/C=C\C2CCC(C=C)C2)C1.CCCC(Br)c1ccccc1.CCn1c2ccccc2c2ccccc21. The molecule has 1 nitrogen and oxygen atoms in total. The number of nitrogens with zero attached hydrogens (tertiary/aromatic N) is 1. The minimum Gasteiger partial charge on any atom is -0.341 e. The molecule has 2 heteroatoms. The van der Waals surface area contributed by atoms with Crippen LogP contribution < -0.4 is 0 Å². The van der Waals surface area contributed by atoms with E-state index in [9.17, 15) is 0 Å². The van der Waals surface area contributed by atoms with Crippen molar-refractivity contribution in [3.05, 3.63) is 122 Å². The molecular formula is C46H74BrN. The Morgan fingerprint density at radius 3 is 1.40 bits per heavy atom. The monoisotopic (exact) mass is 720 g/mol. The maximum atomic E-state index is 3.90. The van der Waals surface area contributed by atoms with Crippen molar-refractivity contribution in [1.29, 1.82) is 0 Å². The van der Waals surface area contributed by atoms with Gasteiger partial charge in [-0.15, -0.1) is 13.2 Å². The minimum atomic E-state index is 0. The Morgan fingerprint density at radius 2 is 1.02 bits per heavy atom. The highest BCUT2D eigenvalue weighted by Crippen LogP contribution is 2.36. The first kappa shape index (κ1) is 49.5. The molecule has 0 spiro atoms. The third kappa shape index (κ3) is 13.6. The fourth-order valence-corrected chi connectivity index (χ4v) is 7.39. The van der Waals surface area contributed by atoms with Crippen molar-refractivity contribution in [3.63, 3.8) is 0 Å². The quantitative estimate of drug-likeness (QED) is 0.126. The standard InChI is InChI=1S/C16H24.C14H13N.C10H13Br.6CH4/c1-3-13-5-7-15(11-13)9-10-16-8-6-14(4-2)12-16;1-2-15-13-9-5-3-7-11(13)12-8-4-6-10-14(12)15;1-2-6-10(11)9-7-4-3-5-8-9;;;;;;/h3-4,9-10,13-16H,1-2,5-8,11-12H2;3-10H,2H2,1H3;3-5,7-8,10H,2,6H2,1H3;6*1H4/b10-9-;;;;;;;;. The molecule has 0 N–H and O–H groups in total. The summed E-state index contributed by atoms with van der Waals surface area (Å²) < 4.78 is 2.37. The molecule has 2 aliphatic carbocycles. The molecule has 2 aliphatic rings. The fourth-order valence-electron chi connectivity index (χ4n) is 6.62. The summed E-state index contributed by atoms with van der Waals surface area (Å²) in [6.45, 7) is 13.2. The third-order valence-electron chi connectivity index (χ3n) is 9.05. The van der Waals surface area contributed by atoms with Gasteiger partial charge in [-0.3, -0.25) is 0 Å². The van der Waals surface area contributed by atoms with E-state index in [0.29, 0.717) is 4.83 Å². The van der Waals surface area contributed by atoms with Crippen LogP contribution in [0.15, 0.2) is 116 Å². The lowest BCUT2D eigenvalue weighted by Crippen LogP contribution is -1.94. The molecule has 1 heterocycles. The lowest BCUT2D eigenvalue weighted by Gasteiger charge is -2.07. The molecular weight excluding hydrogens is 646 g/mol. The molecule has 0 aliphatic heterocycles. The number of aromatic nitrogens is 1. The summed E-state index contributed by atoms with van der Waals surface area (Å²) in [5, 5.41) is 2.71. The van der Waals surface area contributed by atoms with Crippen molar-refractivity contribution in [2.45, 2.75) is 121 Å². The highest BCUT2D eigenvalue weighted by Gasteiger charge is 2.23. The Kier molecular flexibility index (Phi) is 26.9. The van der Waals surface area contributed by atoms with Gasteiger partial charge in [0.15, 0.2) is 0 Å². The lowest BCUT2D eigenvalue weighted by molar-refractivity contribution is 0.613. The van der Waals surface area contributed by atoms with Gasteiger partial charge in [0.05, 0.1) is 0 Å². The van der Waals surface area contributed by atoms with E-state index in [1.807, 2.05) is 0 Å². The molecule has 270 valence electrons. The number of aryl methyl sites for hydroxylation is 1. The van der Waals surface area contributed by atoms with Gasteiger partial charge in [0.2, 0.25) is 0 Å². The normalized spacial score (nSPS) is 19.6. The highest BCUT2D eigenvalue weighted by atomic mass is 79.9. The minimum absolute atomic E-state index is 0. The molecule has 3 aromatic carbocycles. The molecule has 5 atom stereocenters. The van der Waals surface area contributed by atoms with Crippen LogP contribution in [0.25, 0.3) is 21.8 Å². The molecule has 0 bridgehead atoms. The Morgan fingerprint density at radius 1 is 0.625 bits per heavy atom. The smallest absolute Gasteiger partial charge is 0.0491 e. The molecule has 0 amide bonds. The van der Waals surface area contributed by atoms with Crippen LogP contribution in [0.5, 0.6) is 0 Å². The van der Waals surface area contributed by atoms with E-state index in [-0.39, 0.29) is 44.6 Å². The number of hydrogen-bond acceptors (Lipinski definition) is 0. The fraction of sp³-hybridized carbons (Fsp3) is 0.478. The van der Waals surface area contributed by atoms with Crippen LogP contribution in [0.2, 0.25) is 0 Å². The van der Waals surface area contributed by atoms with Crippen molar-refractivity contribution in [1.82, 2.24) is 4.57 Å². The van der Waals surface area contributed by atoms with E-state index in [0.717, 1.165) is 30.2 Å². The average Bonchev–Trinajstić information content (AvgIpc) is 3.78. The summed E-state index contributed by atoms with van der Waals surface area (Å²) >= 11 is 3.65. The number of hydrogen-bond donors (Lipinski definition) is 0. The van der Waals surface area contributed by atoms with Crippen molar-refractivity contribution < 1.29 is 0 Å². The summed E-state index contributed by atoms with van der Waals surface area (Å²) in [7, 11) is 0. The zero-order valence-corrected chi connectivity index (χ0v) is 27.4. The molecule has 2 saturated carbocycles. The van der Waals surface area contributed by atoms with E-state index < -0.39 is 0 Å². The second-order valence-electron chi connectivity index (χ2n) is 12.0. The summed E-state index contributed by atoms with van der Waals surface area (Å²) in [4.78, 5) is 0.536. The predicted molar refractivity (Wildman–Crippen MR) is 230 cm³/mol. The van der Waals surface area contributed by atoms with Crippen LogP contribution in [-0.4, -0.2) is 4.57 Å². The maximum absolute atomic E-state index is 3.90. The molecule has 5 unspecified atom stereocenters. The first-order valence-corrected chi connectivity index (χ1v) is 17.1. The van der Waals surface area contributed by atoms with E-state index in [4.69, 9.17) is 0 Å². The van der Waals surface area contributed by atoms with Crippen LogP contribution in [-0.2, 0) is 6.54 Å². The summed E-state index contributed by atoms with van der Waals surface area (Å²) in [6.07, 6.45) is 19.8. The van der Waals surface area contributed by atoms with Crippen LogP contribution in [0, 0.1) is 23.7 Å². The average molecular weight is 721 g/mol. The second kappa shape index (κ2) is 26.1. The van der Waals surface area contributed by atoms with Gasteiger partial charge in [-0.1, -0.05) is 165 Å². The lowest BCUT2D eigenvalue weighted by atomic mass is 10.00. The Hall–Kier alpha value is -2.84. The zero-order chi connectivity index (χ0) is 29.7. The van der Waals surface area contributed by atoms with Gasteiger partial charge in [-0.25, -0.2) is 0 Å². The first-order valence-electron chi connectivity index (χ1n) is 16.2. The maximum Gasteiger partial charge on any atom is 0.0491 e. The largest absolute Gasteiger partial charge is 0.341 e. The summed E-state index contributed by atoms with van der Waals surface area (Å²) in [5.74, 6) is 3.20. The third-order valence-corrected chi connectivity index (χ3v) is 10.0. The van der Waals surface area contributed by atoms with Gasteiger partial charge >= 0.3 is 0 Å². The molecule has 2 fully saturated rings. The van der Waals surface area contributed by atoms with Crippen LogP contribution in [0.3, 0.4) is 0 Å². The van der Waals surface area contributed by atoms with Gasteiger partial charge in [0, 0.05) is 33.2 Å². The Bertz CT molecular complexity index is 1330. The second-order valence-corrected chi connectivity index (χ2v) is 13.1. The number of allylic oxidation sites excluding steroid dienone is 4. The summed E-state index contributed by atoms with van der Waals surface area (Å²) in [5.41, 5.74) is 4.05. The van der Waals surface area contributed by atoms with Gasteiger partial charge in [-0.2, -0.15) is 0 Å². The van der Waals surface area contributed by atoms with Crippen LogP contribution in [0.4, 0.5) is 0 Å². The topological polar surface area (TPSA) is 4.93 Å². The molecule has 0 saturated heterocycles. The number of fused-ring (bicyclic) bond motifs is 3. The predicted octanol–water partition coefficient (Wildman–Crippen LogP) is 16.3. The van der Waals surface area contributed by atoms with Crippen molar-refractivity contribution in [2.24, 2.45) is 23.7 Å². The number of rotatable bonds is 8. The zero-order valence-electron chi connectivity index (χ0n) is 25.8. The van der Waals surface area contributed by atoms with Gasteiger partial charge in [-0.05, 0) is 93.2 Å².